The van der Waals surface area contributed by atoms with E-state index in [1.807, 2.05) is 49.4 Å². The summed E-state index contributed by atoms with van der Waals surface area (Å²) in [6, 6.07) is 20.3. The van der Waals surface area contributed by atoms with Gasteiger partial charge in [-0.1, -0.05) is 48.5 Å². The number of carbonyl (C=O) groups excluding carboxylic acids is 1. The van der Waals surface area contributed by atoms with Crippen LogP contribution in [0.15, 0.2) is 72.9 Å². The Labute approximate surface area is 162 Å². The molecule has 1 aromatic heterocycles. The molecule has 0 unspecified atom stereocenters. The molecular formula is C23H20FN3O. The molecule has 28 heavy (non-hydrogen) atoms. The number of fused-ring (bicyclic) bond motifs is 1. The lowest BCUT2D eigenvalue weighted by atomic mass is 10.1. The van der Waals surface area contributed by atoms with Crippen molar-refractivity contribution in [3.8, 4) is 5.69 Å². The average molecular weight is 373 g/mol. The van der Waals surface area contributed by atoms with Crippen LogP contribution in [0.2, 0.25) is 0 Å². The number of halogens is 1. The number of nitrogens with zero attached hydrogens (tertiary/aromatic N) is 3. The standard InChI is InChI=1S/C23H20FN3O/c1-3-26(21-14-8-10-17-9-4-5-11-18(17)21)23(28)19-15-25-27(16(19)2)22-13-7-6-12-20(22)24/h4-15H,3H2,1-2H3. The number of hydrogen-bond donors (Lipinski definition) is 0. The van der Waals surface area contributed by atoms with Crippen LogP contribution in [0.1, 0.15) is 23.0 Å². The van der Waals surface area contributed by atoms with Crippen molar-refractivity contribution in [1.82, 2.24) is 9.78 Å². The summed E-state index contributed by atoms with van der Waals surface area (Å²) < 4.78 is 15.6. The van der Waals surface area contributed by atoms with E-state index < -0.39 is 0 Å². The Kier molecular flexibility index (Phi) is 4.65. The predicted molar refractivity (Wildman–Crippen MR) is 110 cm³/mol. The summed E-state index contributed by atoms with van der Waals surface area (Å²) in [5, 5.41) is 6.36. The number of amides is 1. The third-order valence-corrected chi connectivity index (χ3v) is 4.94. The van der Waals surface area contributed by atoms with Crippen molar-refractivity contribution in [1.29, 1.82) is 0 Å². The highest BCUT2D eigenvalue weighted by atomic mass is 19.1. The Balaban J connectivity index is 1.77. The van der Waals surface area contributed by atoms with Gasteiger partial charge in [-0.15, -0.1) is 0 Å². The lowest BCUT2D eigenvalue weighted by Crippen LogP contribution is -2.31. The van der Waals surface area contributed by atoms with Gasteiger partial charge in [-0.05, 0) is 37.4 Å². The fraction of sp³-hybridized carbons (Fsp3) is 0.130. The highest BCUT2D eigenvalue weighted by Crippen LogP contribution is 2.28. The Morgan fingerprint density at radius 2 is 1.75 bits per heavy atom. The van der Waals surface area contributed by atoms with Gasteiger partial charge in [0, 0.05) is 11.9 Å². The molecule has 0 saturated carbocycles. The number of para-hydroxylation sites is 1. The van der Waals surface area contributed by atoms with Gasteiger partial charge >= 0.3 is 0 Å². The van der Waals surface area contributed by atoms with Crippen molar-refractivity contribution >= 4 is 22.4 Å². The normalized spacial score (nSPS) is 11.0. The van der Waals surface area contributed by atoms with Crippen molar-refractivity contribution in [3.63, 3.8) is 0 Å². The average Bonchev–Trinajstić information content (AvgIpc) is 3.10. The topological polar surface area (TPSA) is 38.1 Å². The Bertz CT molecular complexity index is 1160. The smallest absolute Gasteiger partial charge is 0.261 e. The molecule has 1 amide bonds. The third kappa shape index (κ3) is 2.95. The van der Waals surface area contributed by atoms with Gasteiger partial charge in [0.25, 0.3) is 5.91 Å². The van der Waals surface area contributed by atoms with E-state index in [4.69, 9.17) is 0 Å². The summed E-state index contributed by atoms with van der Waals surface area (Å²) in [4.78, 5) is 15.1. The zero-order chi connectivity index (χ0) is 19.7. The molecule has 4 aromatic rings. The minimum absolute atomic E-state index is 0.154. The first-order chi connectivity index (χ1) is 13.6. The molecule has 0 spiro atoms. The van der Waals surface area contributed by atoms with Crippen molar-refractivity contribution in [2.75, 3.05) is 11.4 Å². The zero-order valence-electron chi connectivity index (χ0n) is 15.8. The van der Waals surface area contributed by atoms with Crippen LogP contribution in [0.3, 0.4) is 0 Å². The molecule has 0 aliphatic rings. The monoisotopic (exact) mass is 373 g/mol. The van der Waals surface area contributed by atoms with Gasteiger partial charge in [0.2, 0.25) is 0 Å². The third-order valence-electron chi connectivity index (χ3n) is 4.94. The Morgan fingerprint density at radius 3 is 2.54 bits per heavy atom. The summed E-state index contributed by atoms with van der Waals surface area (Å²) in [5.74, 6) is -0.534. The molecule has 4 nitrogen and oxygen atoms in total. The second-order valence-electron chi connectivity index (χ2n) is 6.55. The molecule has 140 valence electrons. The molecule has 0 aliphatic heterocycles. The Hall–Kier alpha value is -3.47. The molecule has 0 N–H and O–H groups in total. The van der Waals surface area contributed by atoms with E-state index in [1.54, 1.807) is 30.0 Å². The lowest BCUT2D eigenvalue weighted by Gasteiger charge is -2.22. The Morgan fingerprint density at radius 1 is 1.04 bits per heavy atom. The van der Waals surface area contributed by atoms with Crippen LogP contribution in [0.25, 0.3) is 16.5 Å². The summed E-state index contributed by atoms with van der Waals surface area (Å²) in [5.41, 5.74) is 2.24. The molecule has 0 saturated heterocycles. The van der Waals surface area contributed by atoms with E-state index in [9.17, 15) is 9.18 Å². The van der Waals surface area contributed by atoms with Gasteiger partial charge in [-0.3, -0.25) is 4.79 Å². The second kappa shape index (κ2) is 7.27. The number of anilines is 1. The maximum atomic E-state index is 14.2. The van der Waals surface area contributed by atoms with Crippen molar-refractivity contribution in [2.45, 2.75) is 13.8 Å². The molecule has 3 aromatic carbocycles. The molecule has 0 aliphatic carbocycles. The van der Waals surface area contributed by atoms with Crippen LogP contribution in [-0.4, -0.2) is 22.2 Å². The van der Waals surface area contributed by atoms with Gasteiger partial charge in [-0.25, -0.2) is 9.07 Å². The van der Waals surface area contributed by atoms with E-state index >= 15 is 0 Å². The first-order valence-corrected chi connectivity index (χ1v) is 9.21. The van der Waals surface area contributed by atoms with Crippen molar-refractivity contribution < 1.29 is 9.18 Å². The minimum Gasteiger partial charge on any atom is -0.308 e. The van der Waals surface area contributed by atoms with Gasteiger partial charge in [0.15, 0.2) is 0 Å². The second-order valence-corrected chi connectivity index (χ2v) is 6.55. The number of aromatic nitrogens is 2. The molecule has 0 fully saturated rings. The van der Waals surface area contributed by atoms with Gasteiger partial charge < -0.3 is 4.90 Å². The molecule has 0 radical (unpaired) electrons. The van der Waals surface area contributed by atoms with E-state index in [-0.39, 0.29) is 11.7 Å². The molecule has 0 bridgehead atoms. The highest BCUT2D eigenvalue weighted by Gasteiger charge is 2.23. The van der Waals surface area contributed by atoms with Crippen molar-refractivity contribution in [3.05, 3.63) is 90.0 Å². The van der Waals surface area contributed by atoms with E-state index in [2.05, 4.69) is 5.10 Å². The predicted octanol–water partition coefficient (Wildman–Crippen LogP) is 5.14. The van der Waals surface area contributed by atoms with E-state index in [1.165, 1.54) is 16.9 Å². The van der Waals surface area contributed by atoms with Gasteiger partial charge in [0.05, 0.1) is 23.1 Å². The van der Waals surface area contributed by atoms with E-state index in [0.29, 0.717) is 23.5 Å². The quantitative estimate of drug-likeness (QED) is 0.497. The van der Waals surface area contributed by atoms with Gasteiger partial charge in [0.1, 0.15) is 11.5 Å². The fourth-order valence-electron chi connectivity index (χ4n) is 3.50. The van der Waals surface area contributed by atoms with Gasteiger partial charge in [-0.2, -0.15) is 5.10 Å². The summed E-state index contributed by atoms with van der Waals surface area (Å²) in [6.45, 7) is 4.23. The molecule has 4 rings (SSSR count). The maximum absolute atomic E-state index is 14.2. The largest absolute Gasteiger partial charge is 0.308 e. The minimum atomic E-state index is -0.380. The molecular weight excluding hydrogens is 353 g/mol. The van der Waals surface area contributed by atoms with Crippen LogP contribution in [0.4, 0.5) is 10.1 Å². The molecule has 5 heteroatoms. The first-order valence-electron chi connectivity index (χ1n) is 9.21. The van der Waals surface area contributed by atoms with Crippen LogP contribution < -0.4 is 4.90 Å². The summed E-state index contributed by atoms with van der Waals surface area (Å²) in [7, 11) is 0. The summed E-state index contributed by atoms with van der Waals surface area (Å²) in [6.07, 6.45) is 1.51. The first kappa shape index (κ1) is 17.9. The molecule has 1 heterocycles. The highest BCUT2D eigenvalue weighted by molar-refractivity contribution is 6.11. The lowest BCUT2D eigenvalue weighted by molar-refractivity contribution is 0.0988. The van der Waals surface area contributed by atoms with Crippen LogP contribution in [0.5, 0.6) is 0 Å². The number of carbonyl (C=O) groups is 1. The van der Waals surface area contributed by atoms with Crippen molar-refractivity contribution in [2.24, 2.45) is 0 Å². The fourth-order valence-corrected chi connectivity index (χ4v) is 3.50. The SMILES string of the molecule is CCN(C(=O)c1cnn(-c2ccccc2F)c1C)c1cccc2ccccc12. The van der Waals surface area contributed by atoms with E-state index in [0.717, 1.165) is 16.5 Å². The van der Waals surface area contributed by atoms with Crippen LogP contribution in [-0.2, 0) is 0 Å². The number of benzene rings is 3. The molecule has 0 atom stereocenters. The number of rotatable bonds is 4. The van der Waals surface area contributed by atoms with Crippen LogP contribution >= 0.6 is 0 Å². The summed E-state index contributed by atoms with van der Waals surface area (Å²) >= 11 is 0. The number of hydrogen-bond acceptors (Lipinski definition) is 2. The maximum Gasteiger partial charge on any atom is 0.261 e. The van der Waals surface area contributed by atoms with Crippen LogP contribution in [0, 0.1) is 12.7 Å². The zero-order valence-corrected chi connectivity index (χ0v) is 15.8.